The van der Waals surface area contributed by atoms with E-state index in [1.165, 1.54) is 0 Å². The maximum atomic E-state index is 12.9. The average Bonchev–Trinajstić information content (AvgIpc) is 2.61. The van der Waals surface area contributed by atoms with Crippen molar-refractivity contribution in [2.75, 3.05) is 0 Å². The third kappa shape index (κ3) is 8.20. The first-order valence-electron chi connectivity index (χ1n) is 8.11. The van der Waals surface area contributed by atoms with Crippen LogP contribution in [0.4, 0.5) is 13.2 Å². The summed E-state index contributed by atoms with van der Waals surface area (Å²) < 4.78 is 38.5. The van der Waals surface area contributed by atoms with Crippen LogP contribution in [0.5, 0.6) is 0 Å². The van der Waals surface area contributed by atoms with Crippen molar-refractivity contribution in [3.63, 3.8) is 0 Å². The Balaban J connectivity index is 0.000000257. The molecule has 132 valence electrons. The van der Waals surface area contributed by atoms with E-state index in [1.54, 1.807) is 30.3 Å². The van der Waals surface area contributed by atoms with Gasteiger partial charge in [-0.15, -0.1) is 0 Å². The molecule has 0 nitrogen and oxygen atoms in total. The van der Waals surface area contributed by atoms with E-state index in [1.807, 2.05) is 36.4 Å². The molecule has 0 aromatic heterocycles. The lowest BCUT2D eigenvalue weighted by atomic mass is 10.1. The largest absolute Gasteiger partial charge is 0.204 e. The minimum atomic E-state index is -1.44. The van der Waals surface area contributed by atoms with Crippen molar-refractivity contribution < 1.29 is 13.2 Å². The van der Waals surface area contributed by atoms with Gasteiger partial charge < -0.3 is 0 Å². The first-order chi connectivity index (χ1) is 11.9. The second-order valence-electron chi connectivity index (χ2n) is 6.01. The first-order valence-corrected chi connectivity index (χ1v) is 8.11. The fraction of sp³-hybridized carbons (Fsp3) is 0.182. The SMILES string of the molecule is CC(C)C.Fc1cc(-c2ccccc2)cc(F)c1F.c1ccccc1. The van der Waals surface area contributed by atoms with Crippen molar-refractivity contribution in [1.82, 2.24) is 0 Å². The van der Waals surface area contributed by atoms with Gasteiger partial charge in [-0.25, -0.2) is 13.2 Å². The van der Waals surface area contributed by atoms with Crippen LogP contribution in [0.25, 0.3) is 11.1 Å². The molecule has 0 spiro atoms. The van der Waals surface area contributed by atoms with Crippen molar-refractivity contribution in [2.45, 2.75) is 20.8 Å². The molecule has 0 heterocycles. The highest BCUT2D eigenvalue weighted by Gasteiger charge is 2.10. The number of benzene rings is 3. The van der Waals surface area contributed by atoms with E-state index in [-0.39, 0.29) is 0 Å². The quantitative estimate of drug-likeness (QED) is 0.412. The highest BCUT2D eigenvalue weighted by Crippen LogP contribution is 2.23. The molecule has 0 saturated heterocycles. The van der Waals surface area contributed by atoms with E-state index in [4.69, 9.17) is 0 Å². The third-order valence-electron chi connectivity index (χ3n) is 2.76. The summed E-state index contributed by atoms with van der Waals surface area (Å²) in [4.78, 5) is 0. The van der Waals surface area contributed by atoms with Crippen LogP contribution in [0.15, 0.2) is 78.9 Å². The van der Waals surface area contributed by atoms with Crippen LogP contribution in [-0.4, -0.2) is 0 Å². The molecule has 0 fully saturated rings. The molecule has 0 aliphatic heterocycles. The van der Waals surface area contributed by atoms with Gasteiger partial charge in [0.05, 0.1) is 0 Å². The molecule has 0 bridgehead atoms. The summed E-state index contributed by atoms with van der Waals surface area (Å²) in [6.07, 6.45) is 0. The molecule has 0 amide bonds. The van der Waals surface area contributed by atoms with E-state index >= 15 is 0 Å². The van der Waals surface area contributed by atoms with Crippen molar-refractivity contribution >= 4 is 0 Å². The summed E-state index contributed by atoms with van der Waals surface area (Å²) in [7, 11) is 0. The number of rotatable bonds is 1. The Bertz CT molecular complexity index is 670. The van der Waals surface area contributed by atoms with Crippen molar-refractivity contribution in [2.24, 2.45) is 5.92 Å². The molecule has 25 heavy (non-hydrogen) atoms. The molecule has 0 aliphatic rings. The molecule has 0 N–H and O–H groups in total. The van der Waals surface area contributed by atoms with Gasteiger partial charge >= 0.3 is 0 Å². The summed E-state index contributed by atoms with van der Waals surface area (Å²) in [5, 5.41) is 0. The summed E-state index contributed by atoms with van der Waals surface area (Å²) >= 11 is 0. The highest BCUT2D eigenvalue weighted by molar-refractivity contribution is 5.63. The Labute approximate surface area is 148 Å². The zero-order valence-corrected chi connectivity index (χ0v) is 14.7. The summed E-state index contributed by atoms with van der Waals surface area (Å²) in [5.74, 6) is -2.95. The standard InChI is InChI=1S/C12H7F3.C6H6.C4H10/c13-10-6-9(7-11(14)12(10)15)8-4-2-1-3-5-8;1-2-4-6-5-3-1;1-4(2)3/h1-7H;1-6H;4H,1-3H3. The van der Waals surface area contributed by atoms with Crippen LogP contribution in [0, 0.1) is 23.4 Å². The van der Waals surface area contributed by atoms with Crippen molar-refractivity contribution in [3.05, 3.63) is 96.3 Å². The predicted molar refractivity (Wildman–Crippen MR) is 98.7 cm³/mol. The predicted octanol–water partition coefficient (Wildman–Crippen LogP) is 7.12. The number of hydrogen-bond donors (Lipinski definition) is 0. The number of halogens is 3. The van der Waals surface area contributed by atoms with Crippen LogP contribution in [0.2, 0.25) is 0 Å². The maximum Gasteiger partial charge on any atom is 0.194 e. The van der Waals surface area contributed by atoms with Gasteiger partial charge in [0.1, 0.15) is 0 Å². The Kier molecular flexibility index (Phi) is 9.09. The normalized spacial score (nSPS) is 9.56. The molecule has 0 aliphatic carbocycles. The molecular weight excluding hydrogens is 321 g/mol. The fourth-order valence-electron chi connectivity index (χ4n) is 1.74. The van der Waals surface area contributed by atoms with Crippen LogP contribution < -0.4 is 0 Å². The van der Waals surface area contributed by atoms with Gasteiger partial charge in [0.25, 0.3) is 0 Å². The maximum absolute atomic E-state index is 12.9. The van der Waals surface area contributed by atoms with E-state index < -0.39 is 17.5 Å². The lowest BCUT2D eigenvalue weighted by molar-refractivity contribution is 0.448. The van der Waals surface area contributed by atoms with E-state index in [0.717, 1.165) is 18.1 Å². The minimum Gasteiger partial charge on any atom is -0.204 e. The second kappa shape index (κ2) is 11.1. The van der Waals surface area contributed by atoms with Gasteiger partial charge in [0.15, 0.2) is 17.5 Å². The van der Waals surface area contributed by atoms with Crippen LogP contribution in [0.1, 0.15) is 20.8 Å². The van der Waals surface area contributed by atoms with Crippen LogP contribution in [-0.2, 0) is 0 Å². The zero-order chi connectivity index (χ0) is 18.7. The zero-order valence-electron chi connectivity index (χ0n) is 14.7. The average molecular weight is 344 g/mol. The Morgan fingerprint density at radius 3 is 1.24 bits per heavy atom. The van der Waals surface area contributed by atoms with E-state index in [9.17, 15) is 13.2 Å². The van der Waals surface area contributed by atoms with E-state index in [2.05, 4.69) is 20.8 Å². The van der Waals surface area contributed by atoms with Gasteiger partial charge in [0.2, 0.25) is 0 Å². The highest BCUT2D eigenvalue weighted by atomic mass is 19.2. The monoisotopic (exact) mass is 344 g/mol. The van der Waals surface area contributed by atoms with Gasteiger partial charge in [-0.3, -0.25) is 0 Å². The minimum absolute atomic E-state index is 0.326. The fourth-order valence-corrected chi connectivity index (χ4v) is 1.74. The van der Waals surface area contributed by atoms with E-state index in [0.29, 0.717) is 11.1 Å². The second-order valence-corrected chi connectivity index (χ2v) is 6.01. The van der Waals surface area contributed by atoms with Crippen molar-refractivity contribution in [3.8, 4) is 11.1 Å². The molecule has 0 radical (unpaired) electrons. The lowest BCUT2D eigenvalue weighted by Gasteiger charge is -2.02. The first kappa shape index (κ1) is 20.5. The third-order valence-corrected chi connectivity index (χ3v) is 2.76. The van der Waals surface area contributed by atoms with Gasteiger partial charge in [-0.2, -0.15) is 0 Å². The molecule has 0 unspecified atom stereocenters. The summed E-state index contributed by atoms with van der Waals surface area (Å²) in [5.41, 5.74) is 0.974. The Morgan fingerprint density at radius 2 is 0.880 bits per heavy atom. The van der Waals surface area contributed by atoms with Crippen LogP contribution in [0.3, 0.4) is 0 Å². The smallest absolute Gasteiger partial charge is 0.194 e. The van der Waals surface area contributed by atoms with Crippen LogP contribution >= 0.6 is 0 Å². The molecule has 3 aromatic rings. The van der Waals surface area contributed by atoms with Gasteiger partial charge in [-0.05, 0) is 29.2 Å². The van der Waals surface area contributed by atoms with Gasteiger partial charge in [-0.1, -0.05) is 87.5 Å². The Hall–Kier alpha value is -2.55. The molecule has 0 saturated carbocycles. The Morgan fingerprint density at radius 1 is 0.560 bits per heavy atom. The van der Waals surface area contributed by atoms with Crippen molar-refractivity contribution in [1.29, 1.82) is 0 Å². The molecular formula is C22H23F3. The lowest BCUT2D eigenvalue weighted by Crippen LogP contribution is -1.91. The summed E-state index contributed by atoms with van der Waals surface area (Å²) in [6, 6.07) is 22.6. The molecule has 3 rings (SSSR count). The number of hydrogen-bond acceptors (Lipinski definition) is 0. The van der Waals surface area contributed by atoms with Gasteiger partial charge in [0, 0.05) is 0 Å². The summed E-state index contributed by atoms with van der Waals surface area (Å²) in [6.45, 7) is 6.50. The molecule has 3 aromatic carbocycles. The molecule has 3 heteroatoms. The topological polar surface area (TPSA) is 0 Å². The molecule has 0 atom stereocenters.